The molecule has 4 rings (SSSR count). The normalized spacial score (nSPS) is 12.5. The predicted molar refractivity (Wildman–Crippen MR) is 92.6 cm³/mol. The molecule has 2 aromatic heterocycles. The van der Waals surface area contributed by atoms with Crippen LogP contribution in [0.4, 0.5) is 5.69 Å². The van der Waals surface area contributed by atoms with Crippen molar-refractivity contribution in [2.45, 2.75) is 13.5 Å². The Hall–Kier alpha value is -3.07. The van der Waals surface area contributed by atoms with Crippen LogP contribution in [-0.2, 0) is 11.3 Å². The molecule has 25 heavy (non-hydrogen) atoms. The van der Waals surface area contributed by atoms with E-state index >= 15 is 0 Å². The van der Waals surface area contributed by atoms with Gasteiger partial charge in [0.05, 0.1) is 5.39 Å². The first-order valence-corrected chi connectivity index (χ1v) is 8.26. The van der Waals surface area contributed by atoms with E-state index in [9.17, 15) is 14.4 Å². The fourth-order valence-electron chi connectivity index (χ4n) is 2.63. The average molecular weight is 359 g/mol. The highest BCUT2D eigenvalue weighted by Crippen LogP contribution is 2.34. The van der Waals surface area contributed by atoms with Crippen LogP contribution < -0.4 is 26.0 Å². The number of aromatic nitrogens is 2. The number of carbonyl (C=O) groups excluding carboxylic acids is 1. The number of hydrogen-bond acceptors (Lipinski definition) is 6. The number of nitrogens with one attached hydrogen (secondary N) is 2. The van der Waals surface area contributed by atoms with Crippen molar-refractivity contribution in [2.75, 3.05) is 12.1 Å². The van der Waals surface area contributed by atoms with Gasteiger partial charge >= 0.3 is 5.69 Å². The molecule has 0 saturated carbocycles. The van der Waals surface area contributed by atoms with Crippen LogP contribution in [0.2, 0.25) is 0 Å². The minimum atomic E-state index is -0.611. The molecule has 0 unspecified atom stereocenters. The van der Waals surface area contributed by atoms with Gasteiger partial charge in [-0.15, -0.1) is 11.3 Å². The Balaban J connectivity index is 1.59. The van der Waals surface area contributed by atoms with E-state index in [0.29, 0.717) is 27.4 Å². The quantitative estimate of drug-likeness (QED) is 0.736. The Bertz CT molecular complexity index is 1110. The molecule has 0 fully saturated rings. The second-order valence-electron chi connectivity index (χ2n) is 5.54. The van der Waals surface area contributed by atoms with Crippen LogP contribution in [-0.4, -0.2) is 22.3 Å². The molecule has 2 N–H and O–H groups in total. The van der Waals surface area contributed by atoms with Gasteiger partial charge in [0.2, 0.25) is 12.7 Å². The summed E-state index contributed by atoms with van der Waals surface area (Å²) in [7, 11) is 0. The molecule has 3 aromatic rings. The number of nitrogens with zero attached hydrogens (tertiary/aromatic N) is 1. The monoisotopic (exact) mass is 359 g/mol. The zero-order chi connectivity index (χ0) is 17.6. The number of fused-ring (bicyclic) bond motifs is 2. The molecule has 0 radical (unpaired) electrons. The Kier molecular flexibility index (Phi) is 3.57. The molecule has 1 aromatic carbocycles. The van der Waals surface area contributed by atoms with Crippen molar-refractivity contribution < 1.29 is 14.3 Å². The van der Waals surface area contributed by atoms with Gasteiger partial charge in [0.15, 0.2) is 11.5 Å². The number of ether oxygens (including phenoxy) is 2. The van der Waals surface area contributed by atoms with Crippen LogP contribution in [0.25, 0.3) is 10.2 Å². The first-order valence-electron chi connectivity index (χ1n) is 7.44. The van der Waals surface area contributed by atoms with Crippen molar-refractivity contribution in [1.82, 2.24) is 9.55 Å². The third kappa shape index (κ3) is 2.78. The van der Waals surface area contributed by atoms with Crippen molar-refractivity contribution in [3.8, 4) is 11.5 Å². The predicted octanol–water partition coefficient (Wildman–Crippen LogP) is 1.43. The number of hydrogen-bond donors (Lipinski definition) is 2. The Morgan fingerprint density at radius 1 is 1.28 bits per heavy atom. The molecular weight excluding hydrogens is 346 g/mol. The first-order chi connectivity index (χ1) is 12.0. The second kappa shape index (κ2) is 5.78. The van der Waals surface area contributed by atoms with Crippen molar-refractivity contribution >= 4 is 33.1 Å². The molecule has 0 saturated heterocycles. The van der Waals surface area contributed by atoms with E-state index in [0.717, 1.165) is 9.44 Å². The zero-order valence-electron chi connectivity index (χ0n) is 13.1. The number of aromatic amines is 1. The van der Waals surface area contributed by atoms with E-state index in [4.69, 9.17) is 9.47 Å². The number of thiophene rings is 1. The third-order valence-electron chi connectivity index (χ3n) is 3.75. The molecule has 3 heterocycles. The standard InChI is InChI=1S/C16H13N3O5S/c1-8-4-10-14(25-8)18-16(22)19(15(10)21)6-13(20)17-9-2-3-11-12(5-9)24-7-23-11/h2-5H,6-7H2,1H3,(H,17,20)(H,18,22). The Labute approximate surface area is 144 Å². The summed E-state index contributed by atoms with van der Waals surface area (Å²) in [5, 5.41) is 3.04. The lowest BCUT2D eigenvalue weighted by molar-refractivity contribution is -0.116. The van der Waals surface area contributed by atoms with Crippen LogP contribution in [0.5, 0.6) is 11.5 Å². The maximum absolute atomic E-state index is 12.4. The van der Waals surface area contributed by atoms with Crippen molar-refractivity contribution in [3.63, 3.8) is 0 Å². The SMILES string of the molecule is Cc1cc2c(=O)n(CC(=O)Nc3ccc4c(c3)OCO4)c(=O)[nH]c2s1. The van der Waals surface area contributed by atoms with E-state index < -0.39 is 17.2 Å². The largest absolute Gasteiger partial charge is 0.454 e. The van der Waals surface area contributed by atoms with E-state index in [1.54, 1.807) is 24.3 Å². The average Bonchev–Trinajstić information content (AvgIpc) is 3.17. The number of rotatable bonds is 3. The highest BCUT2D eigenvalue weighted by atomic mass is 32.1. The molecule has 1 aliphatic rings. The minimum Gasteiger partial charge on any atom is -0.454 e. The molecule has 0 atom stereocenters. The van der Waals surface area contributed by atoms with Crippen molar-refractivity contribution in [2.24, 2.45) is 0 Å². The van der Waals surface area contributed by atoms with Gasteiger partial charge in [0, 0.05) is 16.6 Å². The molecule has 9 heteroatoms. The Morgan fingerprint density at radius 2 is 2.08 bits per heavy atom. The van der Waals surface area contributed by atoms with Gasteiger partial charge in [-0.3, -0.25) is 19.1 Å². The van der Waals surface area contributed by atoms with Gasteiger partial charge in [0.1, 0.15) is 11.4 Å². The fraction of sp³-hybridized carbons (Fsp3) is 0.188. The molecule has 0 bridgehead atoms. The number of carbonyl (C=O) groups is 1. The lowest BCUT2D eigenvalue weighted by Gasteiger charge is -2.07. The van der Waals surface area contributed by atoms with Crippen molar-refractivity contribution in [1.29, 1.82) is 0 Å². The molecule has 128 valence electrons. The van der Waals surface area contributed by atoms with Gasteiger partial charge in [-0.05, 0) is 25.1 Å². The highest BCUT2D eigenvalue weighted by molar-refractivity contribution is 7.18. The summed E-state index contributed by atoms with van der Waals surface area (Å²) in [5.74, 6) is 0.643. The second-order valence-corrected chi connectivity index (χ2v) is 6.79. The topological polar surface area (TPSA) is 102 Å². The van der Waals surface area contributed by atoms with Crippen LogP contribution in [0.1, 0.15) is 4.88 Å². The van der Waals surface area contributed by atoms with E-state index in [1.165, 1.54) is 11.3 Å². The van der Waals surface area contributed by atoms with Gasteiger partial charge in [0.25, 0.3) is 5.56 Å². The summed E-state index contributed by atoms with van der Waals surface area (Å²) in [6.45, 7) is 1.60. The molecule has 8 nitrogen and oxygen atoms in total. The number of amides is 1. The van der Waals surface area contributed by atoms with Crippen molar-refractivity contribution in [3.05, 3.63) is 50.0 Å². The summed E-state index contributed by atoms with van der Waals surface area (Å²) in [6.07, 6.45) is 0. The van der Waals surface area contributed by atoms with Gasteiger partial charge < -0.3 is 14.8 Å². The first kappa shape index (κ1) is 15.5. The molecular formula is C16H13N3O5S. The minimum absolute atomic E-state index is 0.136. The number of aryl methyl sites for hydroxylation is 1. The van der Waals surface area contributed by atoms with Gasteiger partial charge in [-0.2, -0.15) is 0 Å². The van der Waals surface area contributed by atoms with E-state index in [-0.39, 0.29) is 13.3 Å². The van der Waals surface area contributed by atoms with Crippen LogP contribution >= 0.6 is 11.3 Å². The summed E-state index contributed by atoms with van der Waals surface area (Å²) >= 11 is 1.33. The van der Waals surface area contributed by atoms with E-state index in [2.05, 4.69) is 10.3 Å². The Morgan fingerprint density at radius 3 is 2.92 bits per heavy atom. The smallest absolute Gasteiger partial charge is 0.329 e. The molecule has 1 amide bonds. The number of benzene rings is 1. The van der Waals surface area contributed by atoms with Crippen LogP contribution in [0.15, 0.2) is 33.9 Å². The fourth-order valence-corrected chi connectivity index (χ4v) is 3.52. The molecule has 0 aliphatic carbocycles. The van der Waals surface area contributed by atoms with Crippen LogP contribution in [0.3, 0.4) is 0 Å². The summed E-state index contributed by atoms with van der Waals surface area (Å²) in [6, 6.07) is 6.66. The zero-order valence-corrected chi connectivity index (χ0v) is 13.9. The number of H-pyrrole nitrogens is 1. The molecule has 0 spiro atoms. The summed E-state index contributed by atoms with van der Waals surface area (Å²) < 4.78 is 11.3. The maximum atomic E-state index is 12.4. The van der Waals surface area contributed by atoms with E-state index in [1.807, 2.05) is 6.92 Å². The van der Waals surface area contributed by atoms with Gasteiger partial charge in [-0.1, -0.05) is 0 Å². The van der Waals surface area contributed by atoms with Crippen LogP contribution in [0, 0.1) is 6.92 Å². The lowest BCUT2D eigenvalue weighted by atomic mass is 10.2. The number of anilines is 1. The molecule has 1 aliphatic heterocycles. The maximum Gasteiger partial charge on any atom is 0.329 e. The lowest BCUT2D eigenvalue weighted by Crippen LogP contribution is -2.38. The summed E-state index contributed by atoms with van der Waals surface area (Å²) in [4.78, 5) is 40.8. The van der Waals surface area contributed by atoms with Gasteiger partial charge in [-0.25, -0.2) is 4.79 Å². The highest BCUT2D eigenvalue weighted by Gasteiger charge is 2.16. The third-order valence-corrected chi connectivity index (χ3v) is 4.72. The summed E-state index contributed by atoms with van der Waals surface area (Å²) in [5.41, 5.74) is -0.602.